The van der Waals surface area contributed by atoms with Gasteiger partial charge in [0, 0.05) is 19.6 Å². The van der Waals surface area contributed by atoms with E-state index in [0.29, 0.717) is 19.6 Å². The molecule has 2 amide bonds. The Morgan fingerprint density at radius 3 is 2.39 bits per heavy atom. The number of hydrogen-bond donors (Lipinski definition) is 2. The van der Waals surface area contributed by atoms with Crippen LogP contribution < -0.4 is 10.5 Å². The average Bonchev–Trinajstić information content (AvgIpc) is 2.94. The second-order valence-corrected chi connectivity index (χ2v) is 8.83. The van der Waals surface area contributed by atoms with Gasteiger partial charge in [0.25, 0.3) is 0 Å². The van der Waals surface area contributed by atoms with E-state index in [2.05, 4.69) is 25.5 Å². The highest BCUT2D eigenvalue weighted by molar-refractivity contribution is 7.89. The number of carbonyl (C=O) groups is 1. The molecule has 3 N–H and O–H groups in total. The summed E-state index contributed by atoms with van der Waals surface area (Å²) in [4.78, 5) is 12.9. The van der Waals surface area contributed by atoms with Crippen LogP contribution in [-0.2, 0) is 15.4 Å². The Morgan fingerprint density at radius 2 is 1.91 bits per heavy atom. The highest BCUT2D eigenvalue weighted by atomic mass is 32.2. The Hall–Kier alpha value is -1.60. The highest BCUT2D eigenvalue weighted by Crippen LogP contribution is 2.23. The standard InChI is InChI=1S/C16H25N3O3S/c1-16(2,3)13-4-6-14(7-5-13)23(21,22)18-10-12-8-9-19(11-12)15(17)20/h4-7,12,18H,8-11H2,1-3H3,(H2,17,20). The van der Waals surface area contributed by atoms with Gasteiger partial charge in [-0.15, -0.1) is 0 Å². The SMILES string of the molecule is CC(C)(C)c1ccc(S(=O)(=O)NCC2CCN(C(N)=O)C2)cc1. The van der Waals surface area contributed by atoms with E-state index < -0.39 is 16.1 Å². The molecule has 0 aliphatic carbocycles. The summed E-state index contributed by atoms with van der Waals surface area (Å²) in [5.41, 5.74) is 6.30. The molecule has 0 saturated carbocycles. The molecular weight excluding hydrogens is 314 g/mol. The van der Waals surface area contributed by atoms with Crippen molar-refractivity contribution in [2.24, 2.45) is 11.7 Å². The number of nitrogens with one attached hydrogen (secondary N) is 1. The van der Waals surface area contributed by atoms with E-state index in [1.165, 1.54) is 4.90 Å². The third kappa shape index (κ3) is 4.45. The van der Waals surface area contributed by atoms with Crippen LogP contribution in [0.1, 0.15) is 32.8 Å². The number of primary amides is 1. The van der Waals surface area contributed by atoms with Crippen LogP contribution in [0.4, 0.5) is 4.79 Å². The molecule has 1 atom stereocenters. The maximum Gasteiger partial charge on any atom is 0.314 e. The molecule has 1 aromatic rings. The van der Waals surface area contributed by atoms with E-state index in [4.69, 9.17) is 5.73 Å². The number of amides is 2. The first-order valence-corrected chi connectivity index (χ1v) is 9.22. The van der Waals surface area contributed by atoms with E-state index in [1.807, 2.05) is 12.1 Å². The third-order valence-corrected chi connectivity index (χ3v) is 5.63. The average molecular weight is 339 g/mol. The lowest BCUT2D eigenvalue weighted by Gasteiger charge is -2.19. The summed E-state index contributed by atoms with van der Waals surface area (Å²) < 4.78 is 27.3. The minimum Gasteiger partial charge on any atom is -0.351 e. The van der Waals surface area contributed by atoms with Gasteiger partial charge in [-0.05, 0) is 35.4 Å². The van der Waals surface area contributed by atoms with Gasteiger partial charge in [0.2, 0.25) is 10.0 Å². The maximum absolute atomic E-state index is 12.3. The van der Waals surface area contributed by atoms with Crippen LogP contribution in [0.3, 0.4) is 0 Å². The molecule has 6 nitrogen and oxygen atoms in total. The van der Waals surface area contributed by atoms with Crippen molar-refractivity contribution in [3.05, 3.63) is 29.8 Å². The first-order chi connectivity index (χ1) is 10.6. The third-order valence-electron chi connectivity index (χ3n) is 4.19. The Bertz CT molecular complexity index is 663. The fraction of sp³-hybridized carbons (Fsp3) is 0.562. The van der Waals surface area contributed by atoms with E-state index >= 15 is 0 Å². The molecule has 1 aromatic carbocycles. The van der Waals surface area contributed by atoms with E-state index in [9.17, 15) is 13.2 Å². The van der Waals surface area contributed by atoms with Gasteiger partial charge in [-0.2, -0.15) is 0 Å². The maximum atomic E-state index is 12.3. The van der Waals surface area contributed by atoms with Crippen LogP contribution in [0, 0.1) is 5.92 Å². The predicted molar refractivity (Wildman–Crippen MR) is 89.6 cm³/mol. The normalized spacial score (nSPS) is 19.1. The van der Waals surface area contributed by atoms with Gasteiger partial charge < -0.3 is 10.6 Å². The summed E-state index contributed by atoms with van der Waals surface area (Å²) in [6, 6.07) is 6.51. The molecule has 23 heavy (non-hydrogen) atoms. The van der Waals surface area contributed by atoms with Gasteiger partial charge in [-0.1, -0.05) is 32.9 Å². The monoisotopic (exact) mass is 339 g/mol. The van der Waals surface area contributed by atoms with Gasteiger partial charge in [0.15, 0.2) is 0 Å². The molecule has 0 aromatic heterocycles. The van der Waals surface area contributed by atoms with Crippen molar-refractivity contribution in [2.45, 2.75) is 37.5 Å². The van der Waals surface area contributed by atoms with E-state index in [1.54, 1.807) is 12.1 Å². The lowest BCUT2D eigenvalue weighted by atomic mass is 9.87. The molecule has 1 saturated heterocycles. The van der Waals surface area contributed by atoms with Crippen molar-refractivity contribution in [2.75, 3.05) is 19.6 Å². The van der Waals surface area contributed by atoms with Crippen molar-refractivity contribution in [1.82, 2.24) is 9.62 Å². The van der Waals surface area contributed by atoms with Crippen molar-refractivity contribution >= 4 is 16.1 Å². The number of nitrogens with two attached hydrogens (primary N) is 1. The smallest absolute Gasteiger partial charge is 0.314 e. The zero-order valence-corrected chi connectivity index (χ0v) is 14.7. The second-order valence-electron chi connectivity index (χ2n) is 7.07. The summed E-state index contributed by atoms with van der Waals surface area (Å²) in [6.45, 7) is 7.65. The topological polar surface area (TPSA) is 92.5 Å². The Morgan fingerprint density at radius 1 is 1.30 bits per heavy atom. The van der Waals surface area contributed by atoms with Crippen LogP contribution in [0.15, 0.2) is 29.2 Å². The Labute approximate surface area is 138 Å². The number of carbonyl (C=O) groups excluding carboxylic acids is 1. The van der Waals surface area contributed by atoms with Gasteiger partial charge in [0.1, 0.15) is 0 Å². The summed E-state index contributed by atoms with van der Waals surface area (Å²) >= 11 is 0. The Balaban J connectivity index is 1.98. The molecule has 0 bridgehead atoms. The zero-order valence-electron chi connectivity index (χ0n) is 13.9. The zero-order chi connectivity index (χ0) is 17.3. The molecule has 128 valence electrons. The molecule has 2 rings (SSSR count). The minimum atomic E-state index is -3.53. The van der Waals surface area contributed by atoms with Crippen LogP contribution in [0.5, 0.6) is 0 Å². The summed E-state index contributed by atoms with van der Waals surface area (Å²) in [5, 5.41) is 0. The van der Waals surface area contributed by atoms with Crippen molar-refractivity contribution in [1.29, 1.82) is 0 Å². The van der Waals surface area contributed by atoms with Crippen molar-refractivity contribution < 1.29 is 13.2 Å². The Kier molecular flexibility index (Phi) is 5.01. The largest absolute Gasteiger partial charge is 0.351 e. The number of rotatable bonds is 4. The molecule has 0 spiro atoms. The molecule has 1 fully saturated rings. The van der Waals surface area contributed by atoms with Crippen LogP contribution in [0.2, 0.25) is 0 Å². The van der Waals surface area contributed by atoms with Crippen LogP contribution >= 0.6 is 0 Å². The fourth-order valence-electron chi connectivity index (χ4n) is 2.64. The van der Waals surface area contributed by atoms with E-state index in [-0.39, 0.29) is 16.2 Å². The highest BCUT2D eigenvalue weighted by Gasteiger charge is 2.26. The summed E-state index contributed by atoms with van der Waals surface area (Å²) in [5.74, 6) is 0.103. The van der Waals surface area contributed by atoms with E-state index in [0.717, 1.165) is 12.0 Å². The molecule has 1 aliphatic heterocycles. The molecule has 1 aliphatic rings. The minimum absolute atomic E-state index is 0.0161. The lowest BCUT2D eigenvalue weighted by molar-refractivity contribution is 0.217. The number of likely N-dealkylation sites (tertiary alicyclic amines) is 1. The van der Waals surface area contributed by atoms with Gasteiger partial charge in [-0.25, -0.2) is 17.9 Å². The fourth-order valence-corrected chi connectivity index (χ4v) is 3.76. The lowest BCUT2D eigenvalue weighted by Crippen LogP contribution is -2.35. The number of hydrogen-bond acceptors (Lipinski definition) is 3. The molecule has 1 unspecified atom stereocenters. The summed E-state index contributed by atoms with van der Waals surface area (Å²) in [7, 11) is -3.53. The first-order valence-electron chi connectivity index (χ1n) is 7.74. The second kappa shape index (κ2) is 6.49. The number of urea groups is 1. The molecular formula is C16H25N3O3S. The quantitative estimate of drug-likeness (QED) is 0.874. The van der Waals surface area contributed by atoms with Crippen LogP contribution in [0.25, 0.3) is 0 Å². The first kappa shape index (κ1) is 17.7. The van der Waals surface area contributed by atoms with Crippen molar-refractivity contribution in [3.63, 3.8) is 0 Å². The number of sulfonamides is 1. The predicted octanol–water partition coefficient (Wildman–Crippen LogP) is 1.66. The number of nitrogens with zero attached hydrogens (tertiary/aromatic N) is 1. The molecule has 0 radical (unpaired) electrons. The van der Waals surface area contributed by atoms with Crippen LogP contribution in [-0.4, -0.2) is 39.0 Å². The molecule has 1 heterocycles. The van der Waals surface area contributed by atoms with Crippen molar-refractivity contribution in [3.8, 4) is 0 Å². The van der Waals surface area contributed by atoms with Gasteiger partial charge in [-0.3, -0.25) is 0 Å². The molecule has 7 heteroatoms. The number of benzene rings is 1. The van der Waals surface area contributed by atoms with Gasteiger partial charge >= 0.3 is 6.03 Å². The van der Waals surface area contributed by atoms with Gasteiger partial charge in [0.05, 0.1) is 4.90 Å². The summed E-state index contributed by atoms with van der Waals surface area (Å²) in [6.07, 6.45) is 0.758.